The molecule has 8 heteroatoms. The molecular weight excluding hydrogens is 426 g/mol. The number of aliphatic imine (C=N–C) groups is 1. The summed E-state index contributed by atoms with van der Waals surface area (Å²) in [7, 11) is 0. The second-order valence-electron chi connectivity index (χ2n) is 7.71. The Hall–Kier alpha value is -4.46. The van der Waals surface area contributed by atoms with Crippen LogP contribution in [0.4, 0.5) is 11.6 Å². The van der Waals surface area contributed by atoms with E-state index in [2.05, 4.69) is 30.5 Å². The van der Waals surface area contributed by atoms with E-state index < -0.39 is 6.17 Å². The van der Waals surface area contributed by atoms with Crippen molar-refractivity contribution in [2.24, 2.45) is 15.2 Å². The summed E-state index contributed by atoms with van der Waals surface area (Å²) in [5, 5.41) is 12.0. The molecule has 4 aromatic rings. The van der Waals surface area contributed by atoms with Crippen LogP contribution in [0.3, 0.4) is 0 Å². The Morgan fingerprint density at radius 2 is 1.88 bits per heavy atom. The van der Waals surface area contributed by atoms with Gasteiger partial charge in [0.2, 0.25) is 5.95 Å². The Bertz CT molecular complexity index is 1370. The van der Waals surface area contributed by atoms with Gasteiger partial charge in [0.25, 0.3) is 0 Å². The van der Waals surface area contributed by atoms with Gasteiger partial charge in [-0.3, -0.25) is 4.98 Å². The highest BCUT2D eigenvalue weighted by Gasteiger charge is 2.19. The summed E-state index contributed by atoms with van der Waals surface area (Å²) in [6.45, 7) is 4.59. The van der Waals surface area contributed by atoms with E-state index in [1.807, 2.05) is 74.5 Å². The molecule has 1 unspecified atom stereocenters. The van der Waals surface area contributed by atoms with Gasteiger partial charge in [0.1, 0.15) is 5.75 Å². The molecule has 0 amide bonds. The van der Waals surface area contributed by atoms with Gasteiger partial charge in [-0.15, -0.1) is 5.11 Å². The lowest BCUT2D eigenvalue weighted by Gasteiger charge is -2.12. The molecule has 0 fully saturated rings. The normalized spacial score (nSPS) is 14.6. The number of pyridine rings is 1. The predicted molar refractivity (Wildman–Crippen MR) is 131 cm³/mol. The van der Waals surface area contributed by atoms with E-state index in [1.54, 1.807) is 18.6 Å². The number of benzene rings is 2. The van der Waals surface area contributed by atoms with Gasteiger partial charge < -0.3 is 10.1 Å². The van der Waals surface area contributed by atoms with Crippen molar-refractivity contribution in [3.63, 3.8) is 0 Å². The number of azo groups is 1. The molecule has 0 bridgehead atoms. The van der Waals surface area contributed by atoms with Gasteiger partial charge in [0.05, 0.1) is 12.3 Å². The van der Waals surface area contributed by atoms with Crippen LogP contribution in [-0.2, 0) is 0 Å². The minimum atomic E-state index is -0.408. The second-order valence-corrected chi connectivity index (χ2v) is 7.71. The molecule has 1 atom stereocenters. The maximum atomic E-state index is 5.59. The Morgan fingerprint density at radius 3 is 2.74 bits per heavy atom. The highest BCUT2D eigenvalue weighted by Crippen LogP contribution is 2.31. The fourth-order valence-corrected chi connectivity index (χ4v) is 3.59. The smallest absolute Gasteiger partial charge is 0.227 e. The van der Waals surface area contributed by atoms with Crippen LogP contribution < -0.4 is 10.1 Å². The topological polar surface area (TPSA) is 97.0 Å². The van der Waals surface area contributed by atoms with Crippen molar-refractivity contribution in [3.05, 3.63) is 95.9 Å². The maximum absolute atomic E-state index is 5.59. The minimum Gasteiger partial charge on any atom is -0.494 e. The van der Waals surface area contributed by atoms with E-state index in [4.69, 9.17) is 9.73 Å². The highest BCUT2D eigenvalue weighted by atomic mass is 16.5. The molecule has 0 saturated heterocycles. The molecule has 5 rings (SSSR count). The molecule has 0 saturated carbocycles. The lowest BCUT2D eigenvalue weighted by atomic mass is 10.1. The third-order valence-electron chi connectivity index (χ3n) is 5.33. The standard InChI is InChI=1S/C26H23N7O/c1-3-34-21-8-4-6-18(14-21)24-31-25(33-32-24)19-10-9-17(2)23(15-19)30-26-28-13-11-22(29-26)20-7-5-12-27-16-20/h4-16,25H,3H2,1-2H3,(H,28,29,30). The maximum Gasteiger partial charge on any atom is 0.227 e. The molecule has 0 spiro atoms. The quantitative estimate of drug-likeness (QED) is 0.379. The third kappa shape index (κ3) is 4.66. The van der Waals surface area contributed by atoms with E-state index in [0.717, 1.165) is 39.4 Å². The summed E-state index contributed by atoms with van der Waals surface area (Å²) in [6.07, 6.45) is 4.84. The number of hydrogen-bond acceptors (Lipinski definition) is 8. The molecule has 0 aliphatic carbocycles. The number of ether oxygens (including phenoxy) is 1. The van der Waals surface area contributed by atoms with Crippen molar-refractivity contribution >= 4 is 17.5 Å². The van der Waals surface area contributed by atoms with Crippen molar-refractivity contribution in [1.82, 2.24) is 15.0 Å². The summed E-state index contributed by atoms with van der Waals surface area (Å²) in [5.41, 5.74) is 5.48. The number of aromatic nitrogens is 3. The molecule has 3 heterocycles. The summed E-state index contributed by atoms with van der Waals surface area (Å²) in [5.74, 6) is 1.89. The van der Waals surface area contributed by atoms with Gasteiger partial charge in [-0.1, -0.05) is 24.3 Å². The minimum absolute atomic E-state index is 0.408. The average Bonchev–Trinajstić information content (AvgIpc) is 3.37. The lowest BCUT2D eigenvalue weighted by Crippen LogP contribution is -2.01. The van der Waals surface area contributed by atoms with Crippen molar-refractivity contribution in [2.75, 3.05) is 11.9 Å². The lowest BCUT2D eigenvalue weighted by molar-refractivity contribution is 0.340. The van der Waals surface area contributed by atoms with Crippen LogP contribution in [0.25, 0.3) is 11.3 Å². The van der Waals surface area contributed by atoms with Gasteiger partial charge in [0, 0.05) is 41.0 Å². The zero-order valence-corrected chi connectivity index (χ0v) is 18.9. The van der Waals surface area contributed by atoms with Gasteiger partial charge >= 0.3 is 0 Å². The molecule has 1 aliphatic heterocycles. The van der Waals surface area contributed by atoms with Crippen LogP contribution in [0.1, 0.15) is 29.8 Å². The first-order chi connectivity index (χ1) is 16.7. The predicted octanol–water partition coefficient (Wildman–Crippen LogP) is 5.90. The highest BCUT2D eigenvalue weighted by molar-refractivity contribution is 6.00. The third-order valence-corrected chi connectivity index (χ3v) is 5.33. The second kappa shape index (κ2) is 9.58. The molecule has 1 aliphatic rings. The van der Waals surface area contributed by atoms with E-state index >= 15 is 0 Å². The van der Waals surface area contributed by atoms with Crippen molar-refractivity contribution in [2.45, 2.75) is 20.0 Å². The Kier molecular flexibility index (Phi) is 6.03. The van der Waals surface area contributed by atoms with E-state index in [0.29, 0.717) is 18.4 Å². The fraction of sp³-hybridized carbons (Fsp3) is 0.154. The molecule has 34 heavy (non-hydrogen) atoms. The van der Waals surface area contributed by atoms with Gasteiger partial charge in [0.15, 0.2) is 12.0 Å². The summed E-state index contributed by atoms with van der Waals surface area (Å²) in [6, 6.07) is 19.5. The Balaban J connectivity index is 1.38. The zero-order chi connectivity index (χ0) is 23.3. The molecule has 2 aromatic carbocycles. The number of rotatable bonds is 7. The average molecular weight is 450 g/mol. The molecule has 168 valence electrons. The van der Waals surface area contributed by atoms with Crippen molar-refractivity contribution < 1.29 is 4.74 Å². The van der Waals surface area contributed by atoms with Gasteiger partial charge in [-0.05, 0) is 55.8 Å². The summed E-state index contributed by atoms with van der Waals surface area (Å²) >= 11 is 0. The largest absolute Gasteiger partial charge is 0.494 e. The number of anilines is 2. The van der Waals surface area contributed by atoms with Crippen LogP contribution in [-0.4, -0.2) is 27.4 Å². The van der Waals surface area contributed by atoms with Crippen molar-refractivity contribution in [1.29, 1.82) is 0 Å². The monoisotopic (exact) mass is 449 g/mol. The number of nitrogens with zero attached hydrogens (tertiary/aromatic N) is 6. The molecular formula is C26H23N7O. The Morgan fingerprint density at radius 1 is 0.971 bits per heavy atom. The first kappa shape index (κ1) is 21.4. The SMILES string of the molecule is CCOc1cccc(C2=NC(c3ccc(C)c(Nc4nccc(-c5cccnc5)n4)c3)N=N2)c1. The van der Waals surface area contributed by atoms with E-state index in [-0.39, 0.29) is 0 Å². The zero-order valence-electron chi connectivity index (χ0n) is 18.9. The molecule has 8 nitrogen and oxygen atoms in total. The van der Waals surface area contributed by atoms with E-state index in [1.165, 1.54) is 0 Å². The van der Waals surface area contributed by atoms with Gasteiger partial charge in [-0.25, -0.2) is 15.0 Å². The first-order valence-corrected chi connectivity index (χ1v) is 11.0. The molecule has 1 N–H and O–H groups in total. The number of hydrogen-bond donors (Lipinski definition) is 1. The number of aryl methyl sites for hydroxylation is 1. The summed E-state index contributed by atoms with van der Waals surface area (Å²) < 4.78 is 5.59. The van der Waals surface area contributed by atoms with Crippen molar-refractivity contribution in [3.8, 4) is 17.0 Å². The Labute approximate surface area is 197 Å². The van der Waals surface area contributed by atoms with Crippen LogP contribution in [0.2, 0.25) is 0 Å². The van der Waals surface area contributed by atoms with Crippen LogP contribution in [0.15, 0.2) is 94.5 Å². The first-order valence-electron chi connectivity index (χ1n) is 11.0. The van der Waals surface area contributed by atoms with Crippen LogP contribution in [0, 0.1) is 6.92 Å². The number of nitrogens with one attached hydrogen (secondary N) is 1. The van der Waals surface area contributed by atoms with Gasteiger partial charge in [-0.2, -0.15) is 5.11 Å². The molecule has 2 aromatic heterocycles. The van der Waals surface area contributed by atoms with Crippen LogP contribution >= 0.6 is 0 Å². The fourth-order valence-electron chi connectivity index (χ4n) is 3.59. The van der Waals surface area contributed by atoms with Crippen LogP contribution in [0.5, 0.6) is 5.75 Å². The van der Waals surface area contributed by atoms with E-state index in [9.17, 15) is 0 Å². The number of amidine groups is 1. The molecule has 0 radical (unpaired) electrons. The summed E-state index contributed by atoms with van der Waals surface area (Å²) in [4.78, 5) is 17.9.